The Kier molecular flexibility index (Phi) is 10.9. The topological polar surface area (TPSA) is 135 Å². The Hall–Kier alpha value is -5.50. The predicted molar refractivity (Wildman–Crippen MR) is 180 cm³/mol. The molecule has 0 unspecified atom stereocenters. The van der Waals surface area contributed by atoms with E-state index in [4.69, 9.17) is 10.00 Å². The number of thioether (sulfide) groups is 1. The lowest BCUT2D eigenvalue weighted by molar-refractivity contribution is -0.360. The van der Waals surface area contributed by atoms with E-state index >= 15 is 0 Å². The molecule has 3 aromatic carbocycles. The van der Waals surface area contributed by atoms with Crippen LogP contribution in [0.1, 0.15) is 44.0 Å². The fraction of sp³-hybridized carbons (Fsp3) is 0.294. The van der Waals surface area contributed by atoms with E-state index in [-0.39, 0.29) is 35.0 Å². The summed E-state index contributed by atoms with van der Waals surface area (Å²) in [5.74, 6) is 0.470. The van der Waals surface area contributed by atoms with E-state index in [1.165, 1.54) is 28.8 Å². The highest BCUT2D eigenvalue weighted by Gasteiger charge is 2.61. The summed E-state index contributed by atoms with van der Waals surface area (Å²) in [5.41, 5.74) is 2.70. The molecule has 1 aromatic heterocycles. The first-order chi connectivity index (χ1) is 24.2. The van der Waals surface area contributed by atoms with Crippen LogP contribution in [0.3, 0.4) is 0 Å². The normalized spacial score (nSPS) is 14.2. The van der Waals surface area contributed by atoms with Gasteiger partial charge < -0.3 is 14.8 Å². The van der Waals surface area contributed by atoms with E-state index in [1.807, 2.05) is 26.0 Å². The van der Waals surface area contributed by atoms with Crippen LogP contribution in [0.2, 0.25) is 0 Å². The number of nitrogens with one attached hydrogen (secondary N) is 1. The zero-order valence-corrected chi connectivity index (χ0v) is 28.2. The fourth-order valence-corrected chi connectivity index (χ4v) is 5.84. The van der Waals surface area contributed by atoms with Gasteiger partial charge in [0.05, 0.1) is 30.3 Å². The van der Waals surface area contributed by atoms with Crippen molar-refractivity contribution >= 4 is 40.2 Å². The summed E-state index contributed by atoms with van der Waals surface area (Å²) < 4.78 is 75.1. The first-order valence-electron chi connectivity index (χ1n) is 15.4. The molecule has 4 aromatic rings. The minimum Gasteiger partial charge on any atom is -0.497 e. The third-order valence-corrected chi connectivity index (χ3v) is 8.40. The van der Waals surface area contributed by atoms with Crippen molar-refractivity contribution in [2.75, 3.05) is 23.1 Å². The summed E-state index contributed by atoms with van der Waals surface area (Å²) in [6.07, 6.45) is -10.3. The van der Waals surface area contributed by atoms with E-state index in [0.29, 0.717) is 47.0 Å². The standard InChI is InChI=1S/C34H30F5N7O4S/c1-20(2)26-16-15-25(49-3)18-27(26)45-29(47)19-51-32(45)43-31(48)41-22-9-7-21(8-10-22)30-42-28(6-4-5-17-40)46(44-30)23-11-13-24(14-12-23)50-34(38,39)33(35,36)37/h7-16,18,20H,4-6,19H2,1-3H3,(H,41,48). The number of urea groups is 1. The number of hydrogen-bond acceptors (Lipinski definition) is 8. The smallest absolute Gasteiger partial charge is 0.497 e. The second-order valence-electron chi connectivity index (χ2n) is 11.4. The molecule has 51 heavy (non-hydrogen) atoms. The molecule has 266 valence electrons. The lowest BCUT2D eigenvalue weighted by Gasteiger charge is -2.22. The van der Waals surface area contributed by atoms with Crippen LogP contribution in [0.15, 0.2) is 71.7 Å². The van der Waals surface area contributed by atoms with Crippen LogP contribution < -0.4 is 19.7 Å². The van der Waals surface area contributed by atoms with Crippen molar-refractivity contribution in [2.24, 2.45) is 4.99 Å². The number of unbranched alkanes of at least 4 members (excludes halogenated alkanes) is 1. The van der Waals surface area contributed by atoms with Crippen LogP contribution in [-0.4, -0.2) is 57.0 Å². The average molecular weight is 728 g/mol. The van der Waals surface area contributed by atoms with E-state index in [1.54, 1.807) is 36.4 Å². The van der Waals surface area contributed by atoms with Gasteiger partial charge in [-0.25, -0.2) is 14.5 Å². The number of amides is 3. The Labute approximate surface area is 293 Å². The maximum absolute atomic E-state index is 13.4. The van der Waals surface area contributed by atoms with E-state index in [0.717, 1.165) is 29.5 Å². The molecule has 1 fully saturated rings. The molecular formula is C34H30F5N7O4S. The van der Waals surface area contributed by atoms with E-state index < -0.39 is 24.1 Å². The first-order valence-corrected chi connectivity index (χ1v) is 16.4. The lowest BCUT2D eigenvalue weighted by Crippen LogP contribution is -2.41. The number of nitriles is 1. The zero-order valence-electron chi connectivity index (χ0n) is 27.4. The largest absolute Gasteiger partial charge is 0.499 e. The number of ether oxygens (including phenoxy) is 2. The van der Waals surface area contributed by atoms with Crippen LogP contribution in [0.4, 0.5) is 38.1 Å². The van der Waals surface area contributed by atoms with Gasteiger partial charge in [0, 0.05) is 30.2 Å². The van der Waals surface area contributed by atoms with Crippen LogP contribution in [0.25, 0.3) is 17.1 Å². The Morgan fingerprint density at radius 1 is 1.06 bits per heavy atom. The van der Waals surface area contributed by atoms with Gasteiger partial charge in [0.2, 0.25) is 5.91 Å². The minimum atomic E-state index is -5.89. The molecule has 1 aliphatic heterocycles. The number of benzene rings is 3. The summed E-state index contributed by atoms with van der Waals surface area (Å²) >= 11 is 1.14. The third-order valence-electron chi connectivity index (χ3n) is 7.48. The highest BCUT2D eigenvalue weighted by Crippen LogP contribution is 2.38. The molecule has 0 radical (unpaired) electrons. The van der Waals surface area contributed by atoms with Crippen molar-refractivity contribution in [3.63, 3.8) is 0 Å². The van der Waals surface area contributed by atoms with Crippen LogP contribution in [0.5, 0.6) is 11.5 Å². The van der Waals surface area contributed by atoms with Crippen LogP contribution >= 0.6 is 11.8 Å². The molecule has 5 rings (SSSR count). The number of nitrogens with zero attached hydrogens (tertiary/aromatic N) is 6. The summed E-state index contributed by atoms with van der Waals surface area (Å²) in [7, 11) is 1.52. The Balaban J connectivity index is 1.34. The molecule has 0 spiro atoms. The van der Waals surface area contributed by atoms with Crippen LogP contribution in [-0.2, 0) is 11.2 Å². The number of carbonyl (C=O) groups is 2. The van der Waals surface area contributed by atoms with Crippen molar-refractivity contribution in [2.45, 2.75) is 51.3 Å². The number of amidine groups is 1. The molecule has 0 bridgehead atoms. The van der Waals surface area contributed by atoms with Gasteiger partial charge in [-0.1, -0.05) is 31.7 Å². The SMILES string of the molecule is COc1ccc(C(C)C)c(N2C(=O)CSC2=NC(=O)Nc2ccc(-c3nc(CCCC#N)n(-c4ccc(OC(F)(F)C(F)(F)F)cc4)n3)cc2)c1. The number of hydrogen-bond donors (Lipinski definition) is 1. The second-order valence-corrected chi connectivity index (χ2v) is 12.3. The average Bonchev–Trinajstić information content (AvgIpc) is 3.67. The number of anilines is 2. The number of aliphatic imine (C=N–C) groups is 1. The number of aryl methyl sites for hydroxylation is 1. The highest BCUT2D eigenvalue weighted by atomic mass is 32.2. The van der Waals surface area contributed by atoms with Crippen LogP contribution in [0, 0.1) is 11.3 Å². The molecule has 17 heteroatoms. The summed E-state index contributed by atoms with van der Waals surface area (Å²) in [6.45, 7) is 3.98. The van der Waals surface area contributed by atoms with Crippen molar-refractivity contribution in [3.8, 4) is 34.6 Å². The number of aromatic nitrogens is 3. The Morgan fingerprint density at radius 3 is 2.37 bits per heavy atom. The summed E-state index contributed by atoms with van der Waals surface area (Å²) in [4.78, 5) is 36.1. The number of halogens is 5. The van der Waals surface area contributed by atoms with Gasteiger partial charge in [0.25, 0.3) is 0 Å². The van der Waals surface area contributed by atoms with Gasteiger partial charge in [-0.15, -0.1) is 5.10 Å². The maximum atomic E-state index is 13.4. The van der Waals surface area contributed by atoms with Gasteiger partial charge in [-0.05, 0) is 72.5 Å². The zero-order chi connectivity index (χ0) is 36.9. The molecule has 2 heterocycles. The molecule has 1 saturated heterocycles. The van der Waals surface area contributed by atoms with Gasteiger partial charge in [-0.2, -0.15) is 32.2 Å². The number of carbonyl (C=O) groups excluding carboxylic acids is 2. The summed E-state index contributed by atoms with van der Waals surface area (Å²) in [6, 6.07) is 17.6. The second kappa shape index (κ2) is 15.2. The number of methoxy groups -OCH3 is 1. The molecule has 0 aliphatic carbocycles. The highest BCUT2D eigenvalue weighted by molar-refractivity contribution is 8.15. The monoisotopic (exact) mass is 727 g/mol. The molecule has 3 amide bonds. The van der Waals surface area contributed by atoms with Gasteiger partial charge >= 0.3 is 18.3 Å². The van der Waals surface area contributed by atoms with Gasteiger partial charge in [0.1, 0.15) is 17.3 Å². The maximum Gasteiger partial charge on any atom is 0.499 e. The Bertz CT molecular complexity index is 1970. The molecule has 0 saturated carbocycles. The molecule has 1 N–H and O–H groups in total. The Morgan fingerprint density at radius 2 is 1.75 bits per heavy atom. The predicted octanol–water partition coefficient (Wildman–Crippen LogP) is 8.11. The van der Waals surface area contributed by atoms with Gasteiger partial charge in [-0.3, -0.25) is 9.69 Å². The molecular weight excluding hydrogens is 697 g/mol. The lowest BCUT2D eigenvalue weighted by atomic mass is 10.00. The minimum absolute atomic E-state index is 0.0788. The first kappa shape index (κ1) is 36.8. The van der Waals surface area contributed by atoms with Crippen molar-refractivity contribution < 1.29 is 41.0 Å². The molecule has 11 nitrogen and oxygen atoms in total. The molecule has 0 atom stereocenters. The van der Waals surface area contributed by atoms with E-state index in [2.05, 4.69) is 25.1 Å². The van der Waals surface area contributed by atoms with Crippen molar-refractivity contribution in [3.05, 3.63) is 78.1 Å². The number of alkyl halides is 5. The van der Waals surface area contributed by atoms with E-state index in [9.17, 15) is 31.5 Å². The molecule has 1 aliphatic rings. The quantitative estimate of drug-likeness (QED) is 0.121. The fourth-order valence-electron chi connectivity index (χ4n) is 4.98. The summed E-state index contributed by atoms with van der Waals surface area (Å²) in [5, 5.41) is 16.4. The van der Waals surface area contributed by atoms with Gasteiger partial charge in [0.15, 0.2) is 11.0 Å². The van der Waals surface area contributed by atoms with Crippen molar-refractivity contribution in [1.82, 2.24) is 14.8 Å². The third kappa shape index (κ3) is 8.46. The van der Waals surface area contributed by atoms with Crippen molar-refractivity contribution in [1.29, 1.82) is 5.26 Å². The number of rotatable bonds is 11.